The zero-order valence-electron chi connectivity index (χ0n) is 18.2. The van der Waals surface area contributed by atoms with Crippen LogP contribution in [0, 0.1) is 0 Å². The number of anilines is 1. The molecule has 0 N–H and O–H groups in total. The molecular formula is C22H25ClN8OS. The molecule has 0 saturated carbocycles. The molecule has 0 aliphatic carbocycles. The van der Waals surface area contributed by atoms with Crippen LogP contribution in [-0.2, 0) is 13.0 Å². The van der Waals surface area contributed by atoms with E-state index in [0.717, 1.165) is 55.4 Å². The molecule has 1 aromatic carbocycles. The Morgan fingerprint density at radius 3 is 2.52 bits per heavy atom. The first kappa shape index (κ1) is 23.1. The topological polar surface area (TPSA) is 94.7 Å². The Kier molecular flexibility index (Phi) is 7.46. The van der Waals surface area contributed by atoms with Crippen molar-refractivity contribution in [1.29, 1.82) is 0 Å². The zero-order chi connectivity index (χ0) is 21.8. The number of halogens is 1. The summed E-state index contributed by atoms with van der Waals surface area (Å²) in [4.78, 5) is 16.2. The second kappa shape index (κ2) is 10.7. The van der Waals surface area contributed by atoms with Crippen molar-refractivity contribution in [1.82, 2.24) is 35.2 Å². The second-order valence-electron chi connectivity index (χ2n) is 7.72. The number of nitrogens with zero attached hydrogens (tertiary/aromatic N) is 8. The summed E-state index contributed by atoms with van der Waals surface area (Å²) in [6, 6.07) is 7.67. The summed E-state index contributed by atoms with van der Waals surface area (Å²) < 4.78 is 7.52. The molecule has 0 atom stereocenters. The lowest BCUT2D eigenvalue weighted by Crippen LogP contribution is -2.34. The summed E-state index contributed by atoms with van der Waals surface area (Å²) in [6.45, 7) is 4.48. The van der Waals surface area contributed by atoms with Crippen molar-refractivity contribution in [2.45, 2.75) is 38.7 Å². The number of rotatable bonds is 7. The van der Waals surface area contributed by atoms with Gasteiger partial charge in [-0.3, -0.25) is 0 Å². The Labute approximate surface area is 202 Å². The second-order valence-corrected chi connectivity index (χ2v) is 8.61. The molecule has 3 aromatic heterocycles. The summed E-state index contributed by atoms with van der Waals surface area (Å²) >= 11 is 1.73. The van der Waals surface area contributed by atoms with Gasteiger partial charge in [0.05, 0.1) is 16.4 Å². The maximum absolute atomic E-state index is 5.92. The maximum Gasteiger partial charge on any atom is 0.225 e. The molecule has 4 heterocycles. The van der Waals surface area contributed by atoms with E-state index in [1.54, 1.807) is 22.3 Å². The Balaban J connectivity index is 0.00000259. The van der Waals surface area contributed by atoms with E-state index in [4.69, 9.17) is 9.72 Å². The molecule has 1 aliphatic heterocycles. The highest BCUT2D eigenvalue weighted by Gasteiger charge is 2.24. The van der Waals surface area contributed by atoms with Crippen molar-refractivity contribution < 1.29 is 4.74 Å². The fourth-order valence-electron chi connectivity index (χ4n) is 3.73. The van der Waals surface area contributed by atoms with Crippen LogP contribution in [0.3, 0.4) is 0 Å². The molecule has 0 bridgehead atoms. The highest BCUT2D eigenvalue weighted by Crippen LogP contribution is 2.31. The third-order valence-corrected chi connectivity index (χ3v) is 6.69. The molecule has 0 spiro atoms. The lowest BCUT2D eigenvalue weighted by atomic mass is 9.98. The van der Waals surface area contributed by atoms with Crippen molar-refractivity contribution >= 4 is 29.7 Å². The van der Waals surface area contributed by atoms with Gasteiger partial charge in [-0.2, -0.15) is 0 Å². The van der Waals surface area contributed by atoms with Gasteiger partial charge in [-0.05, 0) is 59.5 Å². The van der Waals surface area contributed by atoms with E-state index in [-0.39, 0.29) is 12.4 Å². The van der Waals surface area contributed by atoms with Crippen molar-refractivity contribution in [3.63, 3.8) is 0 Å². The van der Waals surface area contributed by atoms with E-state index in [1.807, 2.05) is 36.7 Å². The van der Waals surface area contributed by atoms with Crippen molar-refractivity contribution in [3.8, 4) is 11.4 Å². The molecule has 5 rings (SSSR count). The first-order chi connectivity index (χ1) is 15.8. The molecule has 1 fully saturated rings. The molecule has 9 nitrogen and oxygen atoms in total. The highest BCUT2D eigenvalue weighted by atomic mass is 35.5. The summed E-state index contributed by atoms with van der Waals surface area (Å²) in [7, 11) is 0. The van der Waals surface area contributed by atoms with Crippen LogP contribution in [0.25, 0.3) is 5.69 Å². The van der Waals surface area contributed by atoms with Crippen LogP contribution in [0.15, 0.2) is 48.4 Å². The average Bonchev–Trinajstić information content (AvgIpc) is 3.56. The molecule has 1 saturated heterocycles. The normalized spacial score (nSPS) is 14.2. The van der Waals surface area contributed by atoms with Gasteiger partial charge >= 0.3 is 0 Å². The monoisotopic (exact) mass is 484 g/mol. The van der Waals surface area contributed by atoms with Gasteiger partial charge in [0, 0.05) is 36.8 Å². The number of thiazole rings is 1. The lowest BCUT2D eigenvalue weighted by Gasteiger charge is -2.31. The summed E-state index contributed by atoms with van der Waals surface area (Å²) in [5.41, 5.74) is 3.02. The average molecular weight is 485 g/mol. The molecular weight excluding hydrogens is 460 g/mol. The summed E-state index contributed by atoms with van der Waals surface area (Å²) in [6.07, 6.45) is 8.51. The van der Waals surface area contributed by atoms with E-state index >= 15 is 0 Å². The van der Waals surface area contributed by atoms with Gasteiger partial charge in [0.2, 0.25) is 5.95 Å². The third-order valence-electron chi connectivity index (χ3n) is 5.63. The van der Waals surface area contributed by atoms with Gasteiger partial charge in [0.25, 0.3) is 0 Å². The summed E-state index contributed by atoms with van der Waals surface area (Å²) in [5.74, 6) is 2.11. The minimum Gasteiger partial charge on any atom is -0.487 e. The third kappa shape index (κ3) is 5.45. The molecule has 1 aliphatic rings. The van der Waals surface area contributed by atoms with E-state index < -0.39 is 0 Å². The molecule has 0 radical (unpaired) electrons. The number of aryl methyl sites for hydroxylation is 1. The lowest BCUT2D eigenvalue weighted by molar-refractivity contribution is 0.301. The maximum atomic E-state index is 5.92. The van der Waals surface area contributed by atoms with E-state index in [0.29, 0.717) is 12.5 Å². The van der Waals surface area contributed by atoms with Crippen LogP contribution in [0.5, 0.6) is 5.75 Å². The van der Waals surface area contributed by atoms with Crippen LogP contribution in [0.2, 0.25) is 0 Å². The van der Waals surface area contributed by atoms with Crippen LogP contribution >= 0.6 is 23.7 Å². The van der Waals surface area contributed by atoms with Crippen LogP contribution in [-0.4, -0.2) is 48.2 Å². The van der Waals surface area contributed by atoms with Gasteiger partial charge in [0.1, 0.15) is 18.7 Å². The largest absolute Gasteiger partial charge is 0.487 e. The van der Waals surface area contributed by atoms with E-state index in [2.05, 4.69) is 42.7 Å². The predicted molar refractivity (Wildman–Crippen MR) is 128 cm³/mol. The van der Waals surface area contributed by atoms with Crippen molar-refractivity contribution in [2.75, 3.05) is 18.0 Å². The van der Waals surface area contributed by atoms with E-state index in [9.17, 15) is 0 Å². The number of ether oxygens (including phenoxy) is 1. The van der Waals surface area contributed by atoms with Crippen molar-refractivity contribution in [3.05, 3.63) is 64.6 Å². The van der Waals surface area contributed by atoms with Gasteiger partial charge in [-0.15, -0.1) is 28.8 Å². The SMILES string of the molecule is CCc1cnc(N2CCC(c3nc(COc4ccc(-n5cnnn5)cc4)cs3)CC2)nc1.Cl. The smallest absolute Gasteiger partial charge is 0.225 e. The first-order valence-electron chi connectivity index (χ1n) is 10.7. The number of aromatic nitrogens is 7. The van der Waals surface area contributed by atoms with Gasteiger partial charge < -0.3 is 9.64 Å². The Bertz CT molecular complexity index is 1130. The Hall–Kier alpha value is -3.11. The number of hydrogen-bond acceptors (Lipinski definition) is 9. The van der Waals surface area contributed by atoms with Crippen molar-refractivity contribution in [2.24, 2.45) is 0 Å². The Morgan fingerprint density at radius 1 is 1.09 bits per heavy atom. The quantitative estimate of drug-likeness (QED) is 0.390. The molecule has 4 aromatic rings. The number of piperidine rings is 1. The fourth-order valence-corrected chi connectivity index (χ4v) is 4.70. The number of hydrogen-bond donors (Lipinski definition) is 0. The standard InChI is InChI=1S/C22H24N8OS.ClH/c1-2-16-11-23-22(24-12-16)29-9-7-17(8-10-29)21-26-18(14-32-21)13-31-20-5-3-19(4-6-20)30-15-25-27-28-30;/h3-6,11-12,14-15,17H,2,7-10,13H2,1H3;1H. The minimum absolute atomic E-state index is 0. The van der Waals surface area contributed by atoms with E-state index in [1.165, 1.54) is 10.6 Å². The predicted octanol–water partition coefficient (Wildman–Crippen LogP) is 3.86. The first-order valence-corrected chi connectivity index (χ1v) is 11.6. The molecule has 11 heteroatoms. The minimum atomic E-state index is 0. The Morgan fingerprint density at radius 2 is 1.85 bits per heavy atom. The van der Waals surface area contributed by atoms with Gasteiger partial charge in [-0.25, -0.2) is 19.6 Å². The molecule has 33 heavy (non-hydrogen) atoms. The molecule has 0 amide bonds. The highest BCUT2D eigenvalue weighted by molar-refractivity contribution is 7.09. The van der Waals surface area contributed by atoms with Gasteiger partial charge in [0.15, 0.2) is 0 Å². The van der Waals surface area contributed by atoms with Gasteiger partial charge in [-0.1, -0.05) is 6.92 Å². The number of tetrazole rings is 1. The molecule has 172 valence electrons. The van der Waals surface area contributed by atoms with Crippen LogP contribution in [0.1, 0.15) is 41.9 Å². The summed E-state index contributed by atoms with van der Waals surface area (Å²) in [5, 5.41) is 14.5. The zero-order valence-corrected chi connectivity index (χ0v) is 19.9. The van der Waals surface area contributed by atoms with Crippen LogP contribution in [0.4, 0.5) is 5.95 Å². The molecule has 0 unspecified atom stereocenters. The number of benzene rings is 1. The van der Waals surface area contributed by atoms with Crippen LogP contribution < -0.4 is 9.64 Å². The fraction of sp³-hybridized carbons (Fsp3) is 0.364.